The van der Waals surface area contributed by atoms with Crippen LogP contribution in [0.15, 0.2) is 58.5 Å². The summed E-state index contributed by atoms with van der Waals surface area (Å²) in [6.45, 7) is 17.5. The third kappa shape index (κ3) is 4.94. The Morgan fingerprint density at radius 3 is 1.33 bits per heavy atom. The molecule has 0 aliphatic carbocycles. The second kappa shape index (κ2) is 8.65. The standard InChI is InChI=1S/C25H34N2/c1-17(2)21-13-9-11-15-23(21)26-19(5)25(7,8)20(6)27-24-16-12-10-14-22(24)18(3)4/h9-18H,1-8H3. The minimum absolute atomic E-state index is 0.214. The van der Waals surface area contributed by atoms with Crippen LogP contribution < -0.4 is 0 Å². The van der Waals surface area contributed by atoms with Gasteiger partial charge in [0.05, 0.1) is 11.4 Å². The monoisotopic (exact) mass is 362 g/mol. The fourth-order valence-electron chi connectivity index (χ4n) is 3.06. The lowest BCUT2D eigenvalue weighted by molar-refractivity contribution is 0.717. The molecule has 0 saturated carbocycles. The highest BCUT2D eigenvalue weighted by Gasteiger charge is 2.26. The molecule has 0 amide bonds. The van der Waals surface area contributed by atoms with E-state index in [2.05, 4.69) is 104 Å². The highest BCUT2D eigenvalue weighted by Crippen LogP contribution is 2.32. The van der Waals surface area contributed by atoms with Gasteiger partial charge in [0.15, 0.2) is 0 Å². The molecule has 0 heterocycles. The van der Waals surface area contributed by atoms with Crippen LogP contribution in [0.2, 0.25) is 0 Å². The summed E-state index contributed by atoms with van der Waals surface area (Å²) in [4.78, 5) is 10.0. The van der Waals surface area contributed by atoms with Gasteiger partial charge in [0.25, 0.3) is 0 Å². The first-order chi connectivity index (χ1) is 12.6. The van der Waals surface area contributed by atoms with Gasteiger partial charge in [-0.05, 0) is 62.8 Å². The average molecular weight is 363 g/mol. The lowest BCUT2D eigenvalue weighted by atomic mass is 9.83. The van der Waals surface area contributed by atoms with Crippen LogP contribution in [0.4, 0.5) is 11.4 Å². The molecule has 0 fully saturated rings. The molecular weight excluding hydrogens is 328 g/mol. The summed E-state index contributed by atoms with van der Waals surface area (Å²) in [6.07, 6.45) is 0. The maximum absolute atomic E-state index is 5.01. The van der Waals surface area contributed by atoms with Gasteiger partial charge >= 0.3 is 0 Å². The summed E-state index contributed by atoms with van der Waals surface area (Å²) in [5, 5.41) is 0. The van der Waals surface area contributed by atoms with Gasteiger partial charge in [0, 0.05) is 16.8 Å². The average Bonchev–Trinajstić information content (AvgIpc) is 2.62. The van der Waals surface area contributed by atoms with E-state index in [1.165, 1.54) is 11.1 Å². The number of hydrogen-bond donors (Lipinski definition) is 0. The van der Waals surface area contributed by atoms with Crippen molar-refractivity contribution in [2.45, 2.75) is 67.2 Å². The number of aliphatic imine (C=N–C) groups is 2. The highest BCUT2D eigenvalue weighted by atomic mass is 14.8. The summed E-state index contributed by atoms with van der Waals surface area (Å²) in [5.41, 5.74) is 6.65. The van der Waals surface area contributed by atoms with Crippen LogP contribution in [0.3, 0.4) is 0 Å². The van der Waals surface area contributed by atoms with Gasteiger partial charge in [-0.3, -0.25) is 9.98 Å². The molecule has 2 rings (SSSR count). The predicted octanol–water partition coefficient (Wildman–Crippen LogP) is 7.84. The van der Waals surface area contributed by atoms with E-state index in [1.54, 1.807) is 0 Å². The van der Waals surface area contributed by atoms with E-state index in [-0.39, 0.29) is 5.41 Å². The molecule has 0 bridgehead atoms. The number of para-hydroxylation sites is 2. The molecule has 144 valence electrons. The second-order valence-corrected chi connectivity index (χ2v) is 8.45. The topological polar surface area (TPSA) is 24.7 Å². The fraction of sp³-hybridized carbons (Fsp3) is 0.440. The van der Waals surface area contributed by atoms with E-state index in [0.717, 1.165) is 22.8 Å². The zero-order valence-corrected chi connectivity index (χ0v) is 18.2. The molecule has 0 aliphatic rings. The molecule has 0 N–H and O–H groups in total. The molecule has 0 atom stereocenters. The Hall–Kier alpha value is -2.22. The maximum atomic E-state index is 5.01. The Bertz CT molecular complexity index is 769. The number of hydrogen-bond acceptors (Lipinski definition) is 2. The number of rotatable bonds is 6. The molecule has 0 aliphatic heterocycles. The van der Waals surface area contributed by atoms with Gasteiger partial charge in [-0.25, -0.2) is 0 Å². The third-order valence-electron chi connectivity index (χ3n) is 5.50. The van der Waals surface area contributed by atoms with Crippen molar-refractivity contribution in [1.82, 2.24) is 0 Å². The van der Waals surface area contributed by atoms with Gasteiger partial charge in [0.2, 0.25) is 0 Å². The van der Waals surface area contributed by atoms with Crippen molar-refractivity contribution in [1.29, 1.82) is 0 Å². The summed E-state index contributed by atoms with van der Waals surface area (Å²) in [7, 11) is 0. The molecule has 0 saturated heterocycles. The normalized spacial score (nSPS) is 13.6. The van der Waals surface area contributed by atoms with E-state index in [4.69, 9.17) is 9.98 Å². The number of benzene rings is 2. The lowest BCUT2D eigenvalue weighted by Crippen LogP contribution is -2.29. The van der Waals surface area contributed by atoms with Crippen molar-refractivity contribution < 1.29 is 0 Å². The quantitative estimate of drug-likeness (QED) is 0.467. The summed E-state index contributed by atoms with van der Waals surface area (Å²) in [5.74, 6) is 0.905. The Labute approximate surface area is 165 Å². The summed E-state index contributed by atoms with van der Waals surface area (Å²) >= 11 is 0. The zero-order chi connectivity index (χ0) is 20.2. The largest absolute Gasteiger partial charge is 0.257 e. The van der Waals surface area contributed by atoms with Crippen LogP contribution >= 0.6 is 0 Å². The van der Waals surface area contributed by atoms with Crippen molar-refractivity contribution in [2.75, 3.05) is 0 Å². The molecule has 0 unspecified atom stereocenters. The minimum atomic E-state index is -0.214. The van der Waals surface area contributed by atoms with Crippen molar-refractivity contribution >= 4 is 22.8 Å². The Balaban J connectivity index is 2.43. The van der Waals surface area contributed by atoms with E-state index < -0.39 is 0 Å². The minimum Gasteiger partial charge on any atom is -0.257 e. The zero-order valence-electron chi connectivity index (χ0n) is 18.2. The Morgan fingerprint density at radius 1 is 0.667 bits per heavy atom. The molecule has 0 radical (unpaired) electrons. The van der Waals surface area contributed by atoms with Crippen molar-refractivity contribution in [3.63, 3.8) is 0 Å². The van der Waals surface area contributed by atoms with Crippen molar-refractivity contribution in [2.24, 2.45) is 15.4 Å². The first kappa shape index (κ1) is 21.1. The van der Waals surface area contributed by atoms with Crippen LogP contribution in [0.1, 0.15) is 78.4 Å². The smallest absolute Gasteiger partial charge is 0.0663 e. The van der Waals surface area contributed by atoms with E-state index in [0.29, 0.717) is 11.8 Å². The van der Waals surface area contributed by atoms with Crippen LogP contribution in [-0.4, -0.2) is 11.4 Å². The van der Waals surface area contributed by atoms with Crippen molar-refractivity contribution in [3.8, 4) is 0 Å². The van der Waals surface area contributed by atoms with Crippen LogP contribution in [0, 0.1) is 5.41 Å². The lowest BCUT2D eigenvalue weighted by Gasteiger charge is -2.26. The van der Waals surface area contributed by atoms with Gasteiger partial charge in [0.1, 0.15) is 0 Å². The predicted molar refractivity (Wildman–Crippen MR) is 120 cm³/mol. The van der Waals surface area contributed by atoms with E-state index in [9.17, 15) is 0 Å². The molecule has 0 spiro atoms. The molecule has 0 aromatic heterocycles. The van der Waals surface area contributed by atoms with Crippen LogP contribution in [0.25, 0.3) is 0 Å². The molecule has 2 aromatic rings. The molecule has 27 heavy (non-hydrogen) atoms. The molecular formula is C25H34N2. The van der Waals surface area contributed by atoms with Crippen molar-refractivity contribution in [3.05, 3.63) is 59.7 Å². The van der Waals surface area contributed by atoms with Crippen LogP contribution in [-0.2, 0) is 0 Å². The maximum Gasteiger partial charge on any atom is 0.0663 e. The summed E-state index contributed by atoms with van der Waals surface area (Å²) in [6, 6.07) is 16.8. The molecule has 2 nitrogen and oxygen atoms in total. The number of nitrogens with zero attached hydrogens (tertiary/aromatic N) is 2. The molecule has 2 heteroatoms. The summed E-state index contributed by atoms with van der Waals surface area (Å²) < 4.78 is 0. The van der Waals surface area contributed by atoms with Gasteiger partial charge in [-0.1, -0.05) is 64.1 Å². The third-order valence-corrected chi connectivity index (χ3v) is 5.50. The second-order valence-electron chi connectivity index (χ2n) is 8.45. The first-order valence-corrected chi connectivity index (χ1v) is 9.94. The molecule has 2 aromatic carbocycles. The van der Waals surface area contributed by atoms with Gasteiger partial charge in [-0.2, -0.15) is 0 Å². The van der Waals surface area contributed by atoms with Crippen LogP contribution in [0.5, 0.6) is 0 Å². The Morgan fingerprint density at radius 2 is 1.00 bits per heavy atom. The van der Waals surface area contributed by atoms with E-state index in [1.807, 2.05) is 0 Å². The SMILES string of the molecule is CC(=Nc1ccccc1C(C)C)C(C)(C)C(C)=Nc1ccccc1C(C)C. The van der Waals surface area contributed by atoms with Gasteiger partial charge < -0.3 is 0 Å². The first-order valence-electron chi connectivity index (χ1n) is 9.94. The highest BCUT2D eigenvalue weighted by molar-refractivity contribution is 6.10. The van der Waals surface area contributed by atoms with Gasteiger partial charge in [-0.15, -0.1) is 0 Å². The van der Waals surface area contributed by atoms with E-state index >= 15 is 0 Å². The Kier molecular flexibility index (Phi) is 6.75. The fourth-order valence-corrected chi connectivity index (χ4v) is 3.06.